The molecule has 0 heterocycles. The summed E-state index contributed by atoms with van der Waals surface area (Å²) in [5.74, 6) is 0.414. The zero-order chi connectivity index (χ0) is 15.6. The number of hydrogen-bond donors (Lipinski definition) is 1. The van der Waals surface area contributed by atoms with Crippen LogP contribution in [0.25, 0.3) is 0 Å². The van der Waals surface area contributed by atoms with Crippen LogP contribution in [0.3, 0.4) is 0 Å². The van der Waals surface area contributed by atoms with E-state index in [1.54, 1.807) is 11.9 Å². The van der Waals surface area contributed by atoms with Gasteiger partial charge >= 0.3 is 6.09 Å². The smallest absolute Gasteiger partial charge is 0.410 e. The molecule has 4 nitrogen and oxygen atoms in total. The molecule has 4 heteroatoms. The van der Waals surface area contributed by atoms with Gasteiger partial charge in [0.15, 0.2) is 0 Å². The lowest BCUT2D eigenvalue weighted by Gasteiger charge is -2.28. The molecule has 118 valence electrons. The molecule has 1 aliphatic rings. The average molecular weight is 284 g/mol. The van der Waals surface area contributed by atoms with Crippen molar-refractivity contribution in [2.45, 2.75) is 66.0 Å². The molecule has 0 aromatic heterocycles. The number of nitrogens with one attached hydrogen (secondary N) is 1. The van der Waals surface area contributed by atoms with Gasteiger partial charge in [-0.3, -0.25) is 0 Å². The Hall–Kier alpha value is -0.770. The number of carbonyl (C=O) groups is 1. The van der Waals surface area contributed by atoms with Crippen LogP contribution in [0.1, 0.15) is 54.4 Å². The van der Waals surface area contributed by atoms with E-state index in [-0.39, 0.29) is 6.09 Å². The minimum Gasteiger partial charge on any atom is -0.444 e. The van der Waals surface area contributed by atoms with Crippen LogP contribution in [0, 0.1) is 11.3 Å². The van der Waals surface area contributed by atoms with Crippen LogP contribution in [0.2, 0.25) is 0 Å². The highest BCUT2D eigenvalue weighted by atomic mass is 16.6. The fraction of sp³-hybridized carbons (Fsp3) is 0.938. The van der Waals surface area contributed by atoms with Crippen LogP contribution in [0.5, 0.6) is 0 Å². The highest BCUT2D eigenvalue weighted by molar-refractivity contribution is 5.67. The maximum atomic E-state index is 11.9. The Morgan fingerprint density at radius 2 is 1.90 bits per heavy atom. The van der Waals surface area contributed by atoms with Crippen LogP contribution in [0.4, 0.5) is 4.79 Å². The predicted octanol–water partition coefficient (Wildman–Crippen LogP) is 3.27. The molecule has 0 saturated heterocycles. The summed E-state index contributed by atoms with van der Waals surface area (Å²) in [4.78, 5) is 13.6. The first-order valence-electron chi connectivity index (χ1n) is 7.71. The number of carbonyl (C=O) groups excluding carboxylic acids is 1. The van der Waals surface area contributed by atoms with E-state index in [1.165, 1.54) is 12.8 Å². The third-order valence-electron chi connectivity index (χ3n) is 4.15. The molecule has 1 saturated carbocycles. The van der Waals surface area contributed by atoms with E-state index in [0.717, 1.165) is 6.54 Å². The number of hydrogen-bond acceptors (Lipinski definition) is 3. The summed E-state index contributed by atoms with van der Waals surface area (Å²) >= 11 is 0. The van der Waals surface area contributed by atoms with Crippen molar-refractivity contribution in [3.63, 3.8) is 0 Å². The molecule has 0 bridgehead atoms. The summed E-state index contributed by atoms with van der Waals surface area (Å²) in [6, 6.07) is 0.553. The molecule has 2 unspecified atom stereocenters. The normalized spacial score (nSPS) is 20.1. The van der Waals surface area contributed by atoms with Crippen molar-refractivity contribution in [2.75, 3.05) is 20.1 Å². The van der Waals surface area contributed by atoms with E-state index in [2.05, 4.69) is 26.1 Å². The lowest BCUT2D eigenvalue weighted by molar-refractivity contribution is 0.0276. The standard InChI is InChI=1S/C16H32N2O2/c1-12(10-17-13(2)16(6)8-9-16)11-18(7)14(19)20-15(3,4)5/h12-13,17H,8-11H2,1-7H3. The Labute approximate surface area is 124 Å². The van der Waals surface area contributed by atoms with Gasteiger partial charge in [0.1, 0.15) is 5.60 Å². The summed E-state index contributed by atoms with van der Waals surface area (Å²) in [6.45, 7) is 14.1. The zero-order valence-corrected chi connectivity index (χ0v) is 14.2. The van der Waals surface area contributed by atoms with Crippen molar-refractivity contribution in [3.8, 4) is 0 Å². The Morgan fingerprint density at radius 3 is 2.35 bits per heavy atom. The molecular formula is C16H32N2O2. The monoisotopic (exact) mass is 284 g/mol. The highest BCUT2D eigenvalue weighted by Gasteiger charge is 2.42. The van der Waals surface area contributed by atoms with Crippen molar-refractivity contribution < 1.29 is 9.53 Å². The first kappa shape index (κ1) is 17.3. The molecule has 20 heavy (non-hydrogen) atoms. The van der Waals surface area contributed by atoms with Crippen LogP contribution in [-0.4, -0.2) is 42.8 Å². The number of nitrogens with zero attached hydrogens (tertiary/aromatic N) is 1. The largest absolute Gasteiger partial charge is 0.444 e. The minimum atomic E-state index is -0.429. The average Bonchev–Trinajstić information content (AvgIpc) is 3.03. The maximum Gasteiger partial charge on any atom is 0.410 e. The third kappa shape index (κ3) is 5.70. The fourth-order valence-corrected chi connectivity index (χ4v) is 2.20. The predicted molar refractivity (Wildman–Crippen MR) is 82.8 cm³/mol. The van der Waals surface area contributed by atoms with E-state index in [4.69, 9.17) is 4.74 Å². The second-order valence-electron chi connectivity index (χ2n) is 7.75. The number of amides is 1. The molecular weight excluding hydrogens is 252 g/mol. The molecule has 1 rings (SSSR count). The first-order valence-corrected chi connectivity index (χ1v) is 7.71. The third-order valence-corrected chi connectivity index (χ3v) is 4.15. The van der Waals surface area contributed by atoms with E-state index in [9.17, 15) is 4.79 Å². The Bertz CT molecular complexity index is 332. The van der Waals surface area contributed by atoms with Gasteiger partial charge in [0.2, 0.25) is 0 Å². The molecule has 1 amide bonds. The Kier molecular flexibility index (Phi) is 5.47. The molecule has 0 aromatic carbocycles. The van der Waals surface area contributed by atoms with E-state index >= 15 is 0 Å². The van der Waals surface area contributed by atoms with Gasteiger partial charge in [-0.1, -0.05) is 13.8 Å². The Morgan fingerprint density at radius 1 is 1.35 bits per heavy atom. The van der Waals surface area contributed by atoms with Gasteiger partial charge < -0.3 is 15.0 Å². The zero-order valence-electron chi connectivity index (χ0n) is 14.2. The molecule has 0 aromatic rings. The van der Waals surface area contributed by atoms with Crippen molar-refractivity contribution in [2.24, 2.45) is 11.3 Å². The van der Waals surface area contributed by atoms with Crippen molar-refractivity contribution >= 4 is 6.09 Å². The van der Waals surface area contributed by atoms with E-state index in [1.807, 2.05) is 20.8 Å². The van der Waals surface area contributed by atoms with E-state index < -0.39 is 5.60 Å². The van der Waals surface area contributed by atoms with Gasteiger partial charge in [0.05, 0.1) is 0 Å². The summed E-state index contributed by atoms with van der Waals surface area (Å²) in [6.07, 6.45) is 2.41. The van der Waals surface area contributed by atoms with Crippen LogP contribution in [-0.2, 0) is 4.74 Å². The van der Waals surface area contributed by atoms with Gasteiger partial charge in [-0.05, 0) is 58.4 Å². The van der Waals surface area contributed by atoms with Gasteiger partial charge in [-0.25, -0.2) is 4.79 Å². The second-order valence-corrected chi connectivity index (χ2v) is 7.75. The topological polar surface area (TPSA) is 41.6 Å². The SMILES string of the molecule is CC(CNC(C)C1(C)CC1)CN(C)C(=O)OC(C)(C)C. The summed E-state index contributed by atoms with van der Waals surface area (Å²) < 4.78 is 5.36. The quantitative estimate of drug-likeness (QED) is 0.814. The molecule has 1 N–H and O–H groups in total. The van der Waals surface area contributed by atoms with Crippen molar-refractivity contribution in [1.29, 1.82) is 0 Å². The second kappa shape index (κ2) is 6.33. The summed E-state index contributed by atoms with van der Waals surface area (Å²) in [5.41, 5.74) is 0.0682. The summed E-state index contributed by atoms with van der Waals surface area (Å²) in [5, 5.41) is 3.60. The maximum absolute atomic E-state index is 11.9. The first-order chi connectivity index (χ1) is 9.03. The van der Waals surface area contributed by atoms with Crippen molar-refractivity contribution in [1.82, 2.24) is 10.2 Å². The fourth-order valence-electron chi connectivity index (χ4n) is 2.20. The number of ether oxygens (including phenoxy) is 1. The Balaban J connectivity index is 2.27. The molecule has 0 spiro atoms. The number of rotatable bonds is 6. The van der Waals surface area contributed by atoms with Gasteiger partial charge in [0, 0.05) is 19.6 Å². The van der Waals surface area contributed by atoms with Crippen LogP contribution < -0.4 is 5.32 Å². The van der Waals surface area contributed by atoms with Gasteiger partial charge in [-0.15, -0.1) is 0 Å². The van der Waals surface area contributed by atoms with Crippen LogP contribution >= 0.6 is 0 Å². The molecule has 1 aliphatic carbocycles. The summed E-state index contributed by atoms with van der Waals surface area (Å²) in [7, 11) is 1.80. The molecule has 0 radical (unpaired) electrons. The lowest BCUT2D eigenvalue weighted by atomic mass is 10.00. The van der Waals surface area contributed by atoms with Gasteiger partial charge in [0.25, 0.3) is 0 Å². The van der Waals surface area contributed by atoms with Crippen LogP contribution in [0.15, 0.2) is 0 Å². The lowest BCUT2D eigenvalue weighted by Crippen LogP contribution is -2.41. The molecule has 2 atom stereocenters. The van der Waals surface area contributed by atoms with Crippen molar-refractivity contribution in [3.05, 3.63) is 0 Å². The molecule has 0 aliphatic heterocycles. The van der Waals surface area contributed by atoms with E-state index in [0.29, 0.717) is 23.9 Å². The molecule has 1 fully saturated rings. The highest BCUT2D eigenvalue weighted by Crippen LogP contribution is 2.47. The van der Waals surface area contributed by atoms with Gasteiger partial charge in [-0.2, -0.15) is 0 Å². The minimum absolute atomic E-state index is 0.244.